The number of nitrogens with zero attached hydrogens (tertiary/aromatic N) is 1. The van der Waals surface area contributed by atoms with Gasteiger partial charge in [0, 0.05) is 42.3 Å². The Bertz CT molecular complexity index is 407. The lowest BCUT2D eigenvalue weighted by Crippen LogP contribution is -2.33. The number of ether oxygens (including phenoxy) is 1. The maximum Gasteiger partial charge on any atom is 0.0589 e. The van der Waals surface area contributed by atoms with Crippen LogP contribution in [0.5, 0.6) is 0 Å². The van der Waals surface area contributed by atoms with Gasteiger partial charge in [0.1, 0.15) is 0 Å². The average Bonchev–Trinajstić information content (AvgIpc) is 2.41. The molecular formula is C14H22BrClN2O2. The third kappa shape index (κ3) is 6.08. The molecule has 0 amide bonds. The highest BCUT2D eigenvalue weighted by molar-refractivity contribution is 9.10. The minimum Gasteiger partial charge on any atom is -0.395 e. The first-order valence-corrected chi connectivity index (χ1v) is 7.78. The lowest BCUT2D eigenvalue weighted by Gasteiger charge is -2.23. The molecule has 20 heavy (non-hydrogen) atoms. The fourth-order valence-electron chi connectivity index (χ4n) is 1.98. The summed E-state index contributed by atoms with van der Waals surface area (Å²) >= 11 is 9.58. The maximum absolute atomic E-state index is 9.05. The first-order chi connectivity index (χ1) is 9.58. The molecule has 1 unspecified atom stereocenters. The first-order valence-electron chi connectivity index (χ1n) is 6.61. The van der Waals surface area contributed by atoms with Crippen molar-refractivity contribution in [2.45, 2.75) is 12.5 Å². The fourth-order valence-corrected chi connectivity index (χ4v) is 2.79. The van der Waals surface area contributed by atoms with Crippen molar-refractivity contribution < 1.29 is 9.84 Å². The highest BCUT2D eigenvalue weighted by Gasteiger charge is 2.12. The predicted molar refractivity (Wildman–Crippen MR) is 86.1 cm³/mol. The zero-order chi connectivity index (χ0) is 15.0. The standard InChI is InChI=1S/C14H22BrClN2O2/c1-20-9-7-18(6-8-19)5-4-14(17)12-3-2-11(15)10-13(12)16/h2-3,10,14,19H,4-9,17H2,1H3. The summed E-state index contributed by atoms with van der Waals surface area (Å²) in [7, 11) is 1.67. The molecule has 3 N–H and O–H groups in total. The van der Waals surface area contributed by atoms with Crippen LogP contribution in [0.4, 0.5) is 0 Å². The number of halogens is 2. The lowest BCUT2D eigenvalue weighted by molar-refractivity contribution is 0.128. The van der Waals surface area contributed by atoms with Gasteiger partial charge in [-0.2, -0.15) is 0 Å². The van der Waals surface area contributed by atoms with Crippen LogP contribution in [0.2, 0.25) is 5.02 Å². The molecule has 0 aliphatic carbocycles. The highest BCUT2D eigenvalue weighted by atomic mass is 79.9. The molecule has 1 atom stereocenters. The van der Waals surface area contributed by atoms with E-state index in [1.807, 2.05) is 18.2 Å². The van der Waals surface area contributed by atoms with Crippen LogP contribution in [0.25, 0.3) is 0 Å². The maximum atomic E-state index is 9.05. The van der Waals surface area contributed by atoms with E-state index >= 15 is 0 Å². The van der Waals surface area contributed by atoms with Crippen molar-refractivity contribution in [2.75, 3.05) is 40.0 Å². The molecule has 0 heterocycles. The van der Waals surface area contributed by atoms with Gasteiger partial charge in [-0.15, -0.1) is 0 Å². The Morgan fingerprint density at radius 3 is 2.75 bits per heavy atom. The molecule has 114 valence electrons. The molecule has 0 saturated carbocycles. The molecule has 1 rings (SSSR count). The Kier molecular flexibility index (Phi) is 8.68. The minimum absolute atomic E-state index is 0.112. The van der Waals surface area contributed by atoms with Gasteiger partial charge in [-0.25, -0.2) is 0 Å². The second-order valence-electron chi connectivity index (χ2n) is 4.62. The quantitative estimate of drug-likeness (QED) is 0.705. The summed E-state index contributed by atoms with van der Waals surface area (Å²) in [6.07, 6.45) is 0.783. The molecular weight excluding hydrogens is 344 g/mol. The van der Waals surface area contributed by atoms with E-state index in [0.717, 1.165) is 29.5 Å². The molecule has 0 aromatic heterocycles. The Morgan fingerprint density at radius 2 is 2.15 bits per heavy atom. The summed E-state index contributed by atoms with van der Waals surface area (Å²) in [6.45, 7) is 3.01. The van der Waals surface area contributed by atoms with Gasteiger partial charge in [-0.1, -0.05) is 33.6 Å². The third-order valence-electron chi connectivity index (χ3n) is 3.15. The van der Waals surface area contributed by atoms with Gasteiger partial charge in [0.15, 0.2) is 0 Å². The van der Waals surface area contributed by atoms with E-state index in [-0.39, 0.29) is 12.6 Å². The van der Waals surface area contributed by atoms with Crippen molar-refractivity contribution in [3.63, 3.8) is 0 Å². The summed E-state index contributed by atoms with van der Waals surface area (Å²) in [5.74, 6) is 0. The predicted octanol–water partition coefficient (Wildman–Crippen LogP) is 2.43. The van der Waals surface area contributed by atoms with E-state index in [1.54, 1.807) is 7.11 Å². The summed E-state index contributed by atoms with van der Waals surface area (Å²) < 4.78 is 6.01. The molecule has 0 spiro atoms. The molecule has 0 bridgehead atoms. The van der Waals surface area contributed by atoms with Crippen molar-refractivity contribution in [2.24, 2.45) is 5.73 Å². The lowest BCUT2D eigenvalue weighted by atomic mass is 10.0. The fraction of sp³-hybridized carbons (Fsp3) is 0.571. The number of hydrogen-bond donors (Lipinski definition) is 2. The summed E-state index contributed by atoms with van der Waals surface area (Å²) in [5.41, 5.74) is 7.15. The Hall–Kier alpha value is -0.170. The van der Waals surface area contributed by atoms with Crippen LogP contribution < -0.4 is 5.73 Å². The monoisotopic (exact) mass is 364 g/mol. The summed E-state index contributed by atoms with van der Waals surface area (Å²) in [4.78, 5) is 2.14. The Labute approximate surface area is 134 Å². The molecule has 0 fully saturated rings. The molecule has 1 aromatic carbocycles. The topological polar surface area (TPSA) is 58.7 Å². The number of rotatable bonds is 9. The SMILES string of the molecule is COCCN(CCO)CCC(N)c1ccc(Br)cc1Cl. The summed E-state index contributed by atoms with van der Waals surface area (Å²) in [6, 6.07) is 5.63. The minimum atomic E-state index is -0.112. The Morgan fingerprint density at radius 1 is 1.40 bits per heavy atom. The van der Waals surface area contributed by atoms with Gasteiger partial charge in [0.05, 0.1) is 13.2 Å². The largest absolute Gasteiger partial charge is 0.395 e. The van der Waals surface area contributed by atoms with Crippen molar-refractivity contribution in [1.82, 2.24) is 4.90 Å². The van der Waals surface area contributed by atoms with E-state index < -0.39 is 0 Å². The van der Waals surface area contributed by atoms with Crippen molar-refractivity contribution in [3.05, 3.63) is 33.3 Å². The molecule has 0 aliphatic heterocycles. The molecule has 0 aliphatic rings. The van der Waals surface area contributed by atoms with E-state index in [4.69, 9.17) is 27.2 Å². The highest BCUT2D eigenvalue weighted by Crippen LogP contribution is 2.26. The average molecular weight is 366 g/mol. The van der Waals surface area contributed by atoms with E-state index in [2.05, 4.69) is 20.8 Å². The van der Waals surface area contributed by atoms with Gasteiger partial charge >= 0.3 is 0 Å². The van der Waals surface area contributed by atoms with Gasteiger partial charge in [-0.05, 0) is 24.1 Å². The second kappa shape index (κ2) is 9.71. The normalized spacial score (nSPS) is 12.9. The summed E-state index contributed by atoms with van der Waals surface area (Å²) in [5, 5.41) is 9.73. The number of methoxy groups -OCH3 is 1. The number of aliphatic hydroxyl groups excluding tert-OH is 1. The van der Waals surface area contributed by atoms with Crippen molar-refractivity contribution in [3.8, 4) is 0 Å². The van der Waals surface area contributed by atoms with Crippen LogP contribution in [0.1, 0.15) is 18.0 Å². The van der Waals surface area contributed by atoms with Crippen LogP contribution in [0, 0.1) is 0 Å². The Balaban J connectivity index is 2.53. The smallest absolute Gasteiger partial charge is 0.0589 e. The van der Waals surface area contributed by atoms with Gasteiger partial charge in [0.2, 0.25) is 0 Å². The van der Waals surface area contributed by atoms with Gasteiger partial charge in [-0.3, -0.25) is 4.90 Å². The van der Waals surface area contributed by atoms with Crippen LogP contribution in [0.15, 0.2) is 22.7 Å². The molecule has 0 saturated heterocycles. The molecule has 6 heteroatoms. The third-order valence-corrected chi connectivity index (χ3v) is 3.97. The van der Waals surface area contributed by atoms with E-state index in [1.165, 1.54) is 0 Å². The van der Waals surface area contributed by atoms with Crippen molar-refractivity contribution >= 4 is 27.5 Å². The van der Waals surface area contributed by atoms with E-state index in [0.29, 0.717) is 18.2 Å². The van der Waals surface area contributed by atoms with Crippen LogP contribution in [-0.4, -0.2) is 50.0 Å². The molecule has 1 aromatic rings. The number of benzene rings is 1. The first kappa shape index (κ1) is 17.9. The van der Waals surface area contributed by atoms with Gasteiger partial charge in [0.25, 0.3) is 0 Å². The number of hydrogen-bond acceptors (Lipinski definition) is 4. The van der Waals surface area contributed by atoms with Gasteiger partial charge < -0.3 is 15.6 Å². The van der Waals surface area contributed by atoms with Crippen LogP contribution in [0.3, 0.4) is 0 Å². The second-order valence-corrected chi connectivity index (χ2v) is 5.94. The zero-order valence-electron chi connectivity index (χ0n) is 11.7. The van der Waals surface area contributed by atoms with Crippen molar-refractivity contribution in [1.29, 1.82) is 0 Å². The molecule has 0 radical (unpaired) electrons. The number of aliphatic hydroxyl groups is 1. The van der Waals surface area contributed by atoms with Crippen LogP contribution >= 0.6 is 27.5 Å². The van der Waals surface area contributed by atoms with Crippen LogP contribution in [-0.2, 0) is 4.74 Å². The zero-order valence-corrected chi connectivity index (χ0v) is 14.0. The van der Waals surface area contributed by atoms with E-state index in [9.17, 15) is 0 Å². The number of nitrogens with two attached hydrogens (primary N) is 1. The molecule has 4 nitrogen and oxygen atoms in total.